The molecule has 27 heteroatoms. The van der Waals surface area contributed by atoms with Crippen molar-refractivity contribution in [3.63, 3.8) is 0 Å². The van der Waals surface area contributed by atoms with Crippen LogP contribution in [0.15, 0.2) is 36.7 Å². The van der Waals surface area contributed by atoms with Crippen LogP contribution in [0.3, 0.4) is 0 Å². The fourth-order valence-corrected chi connectivity index (χ4v) is 8.39. The Bertz CT molecular complexity index is 2620. The lowest BCUT2D eigenvalue weighted by Gasteiger charge is -2.31. The molecule has 21 nitrogen and oxygen atoms in total. The van der Waals surface area contributed by atoms with Gasteiger partial charge in [0.2, 0.25) is 29.4 Å². The summed E-state index contributed by atoms with van der Waals surface area (Å²) < 4.78 is 117. The predicted molar refractivity (Wildman–Crippen MR) is 218 cm³/mol. The number of benzene rings is 2. The van der Waals surface area contributed by atoms with Gasteiger partial charge in [0.1, 0.15) is 34.3 Å². The van der Waals surface area contributed by atoms with Gasteiger partial charge in [-0.05, 0) is 49.9 Å². The Labute approximate surface area is 358 Å². The van der Waals surface area contributed by atoms with E-state index in [9.17, 15) is 48.8 Å². The highest BCUT2D eigenvalue weighted by Crippen LogP contribution is 2.30. The van der Waals surface area contributed by atoms with Crippen LogP contribution in [-0.4, -0.2) is 115 Å². The average Bonchev–Trinajstić information content (AvgIpc) is 3.22. The molecule has 340 valence electrons. The molecule has 6 rings (SSSR count). The van der Waals surface area contributed by atoms with E-state index in [0.29, 0.717) is 25.7 Å². The number of carbonyl (C=O) groups is 3. The first-order chi connectivity index (χ1) is 29.6. The largest absolute Gasteiger partial charge is 0.496 e. The van der Waals surface area contributed by atoms with E-state index in [0.717, 1.165) is 47.9 Å². The van der Waals surface area contributed by atoms with E-state index in [4.69, 9.17) is 26.1 Å². The van der Waals surface area contributed by atoms with Crippen molar-refractivity contribution in [3.05, 3.63) is 82.2 Å². The van der Waals surface area contributed by atoms with E-state index in [1.807, 2.05) is 4.72 Å². The number of ether oxygens (including phenoxy) is 2. The number of anilines is 4. The van der Waals surface area contributed by atoms with E-state index in [1.165, 1.54) is 18.5 Å². The van der Waals surface area contributed by atoms with Gasteiger partial charge in [-0.2, -0.15) is 35.4 Å². The van der Waals surface area contributed by atoms with Gasteiger partial charge in [-0.1, -0.05) is 0 Å². The van der Waals surface area contributed by atoms with Crippen molar-refractivity contribution < 1.29 is 58.3 Å². The van der Waals surface area contributed by atoms with Crippen molar-refractivity contribution in [2.75, 3.05) is 62.5 Å². The van der Waals surface area contributed by atoms with Crippen LogP contribution in [0.1, 0.15) is 64.4 Å². The standard InChI is InChI=1S/C19H22F2N6O5S.C17H20F2N6O4S/c1-10(28)26-33(30,31)27-7-5-11(6-8-27)24-19-23-9-12(18(22)25-19)17(29)15-14(32-2)4-3-13(20)16(15)21;1-29-12-3-2-11(18)14(19)13(12)15(26)10-8-22-17(24-16(10)20)23-9-4-6-25(7-5-9)30(21,27)28/h3-4,9,11H,5-8H2,1-2H3,(H,26,28)(H3,22,23,24,25);2-3,8-9H,4-7H2,1H3,(H2,21,27,28)(H3,20,22,23,24). The molecule has 0 atom stereocenters. The molecule has 63 heavy (non-hydrogen) atoms. The third kappa shape index (κ3) is 11.4. The zero-order valence-corrected chi connectivity index (χ0v) is 35.3. The maximum absolute atomic E-state index is 14.3. The van der Waals surface area contributed by atoms with E-state index >= 15 is 0 Å². The second-order valence-corrected chi connectivity index (χ2v) is 17.1. The van der Waals surface area contributed by atoms with Crippen molar-refractivity contribution in [2.24, 2.45) is 5.14 Å². The molecule has 4 heterocycles. The van der Waals surface area contributed by atoms with Crippen LogP contribution >= 0.6 is 0 Å². The quantitative estimate of drug-likeness (QED) is 0.0817. The molecule has 2 aromatic carbocycles. The summed E-state index contributed by atoms with van der Waals surface area (Å²) in [5.41, 5.74) is 10.0. The van der Waals surface area contributed by atoms with Crippen LogP contribution in [0.2, 0.25) is 0 Å². The molecule has 1 amide bonds. The number of halogens is 4. The van der Waals surface area contributed by atoms with Crippen molar-refractivity contribution in [1.29, 1.82) is 0 Å². The van der Waals surface area contributed by atoms with Gasteiger partial charge in [-0.25, -0.2) is 37.4 Å². The molecule has 2 fully saturated rings. The van der Waals surface area contributed by atoms with Gasteiger partial charge in [-0.3, -0.25) is 14.4 Å². The maximum Gasteiger partial charge on any atom is 0.303 e. The molecule has 0 bridgehead atoms. The van der Waals surface area contributed by atoms with Crippen LogP contribution in [-0.2, 0) is 25.2 Å². The van der Waals surface area contributed by atoms with Crippen molar-refractivity contribution in [3.8, 4) is 11.5 Å². The number of piperidine rings is 2. The number of methoxy groups -OCH3 is 2. The average molecular weight is 927 g/mol. The zero-order chi connectivity index (χ0) is 46.4. The number of hydrogen-bond acceptors (Lipinski definition) is 17. The molecule has 4 aromatic rings. The van der Waals surface area contributed by atoms with Crippen LogP contribution in [0, 0.1) is 23.3 Å². The van der Waals surface area contributed by atoms with Gasteiger partial charge in [0.25, 0.3) is 10.2 Å². The number of nitrogen functional groups attached to an aromatic ring is 2. The zero-order valence-electron chi connectivity index (χ0n) is 33.7. The first kappa shape index (κ1) is 47.8. The van der Waals surface area contributed by atoms with Gasteiger partial charge in [0.15, 0.2) is 23.3 Å². The highest BCUT2D eigenvalue weighted by atomic mass is 32.2. The summed E-state index contributed by atoms with van der Waals surface area (Å²) in [6.45, 7) is 1.90. The van der Waals surface area contributed by atoms with Gasteiger partial charge in [0.05, 0.1) is 25.3 Å². The minimum Gasteiger partial charge on any atom is -0.496 e. The van der Waals surface area contributed by atoms with E-state index < -0.39 is 72.3 Å². The van der Waals surface area contributed by atoms with E-state index in [1.54, 1.807) is 0 Å². The number of hydrogen-bond donors (Lipinski definition) is 6. The molecule has 2 aliphatic heterocycles. The second kappa shape index (κ2) is 19.8. The molecule has 0 unspecified atom stereocenters. The van der Waals surface area contributed by atoms with Gasteiger partial charge in [0, 0.05) is 57.6 Å². The molecule has 0 saturated carbocycles. The number of nitrogens with zero attached hydrogens (tertiary/aromatic N) is 6. The summed E-state index contributed by atoms with van der Waals surface area (Å²) in [5, 5.41) is 11.1. The second-order valence-electron chi connectivity index (χ2n) is 13.9. The van der Waals surface area contributed by atoms with Crippen LogP contribution in [0.4, 0.5) is 41.1 Å². The Hall–Kier alpha value is -6.29. The minimum absolute atomic E-state index is 0.0823. The van der Waals surface area contributed by atoms with Crippen LogP contribution in [0.5, 0.6) is 11.5 Å². The first-order valence-electron chi connectivity index (χ1n) is 18.6. The molecule has 0 spiro atoms. The van der Waals surface area contributed by atoms with Gasteiger partial charge >= 0.3 is 10.2 Å². The van der Waals surface area contributed by atoms with Crippen LogP contribution < -0.4 is 41.4 Å². The highest BCUT2D eigenvalue weighted by Gasteiger charge is 2.31. The number of nitrogens with one attached hydrogen (secondary N) is 3. The number of aromatic nitrogens is 4. The first-order valence-corrected chi connectivity index (χ1v) is 21.6. The molecular weight excluding hydrogens is 885 g/mol. The Morgan fingerprint density at radius 3 is 1.40 bits per heavy atom. The molecule has 0 radical (unpaired) electrons. The SMILES string of the molecule is COc1ccc(F)c(F)c1C(=O)c1cnc(NC2CCN(S(=O)(=O)NC(C)=O)CC2)nc1N.COc1ccc(F)c(F)c1C(=O)c1cnc(NC2CCN(S(N)(=O)=O)CC2)nc1N. The molecule has 2 aromatic heterocycles. The summed E-state index contributed by atoms with van der Waals surface area (Å²) in [4.78, 5) is 52.6. The third-order valence-electron chi connectivity index (χ3n) is 9.68. The van der Waals surface area contributed by atoms with Gasteiger partial charge in [-0.15, -0.1) is 0 Å². The minimum atomic E-state index is -3.89. The number of ketones is 2. The smallest absolute Gasteiger partial charge is 0.303 e. The summed E-state index contributed by atoms with van der Waals surface area (Å²) in [6, 6.07) is 3.60. The number of rotatable bonds is 13. The highest BCUT2D eigenvalue weighted by molar-refractivity contribution is 7.87. The van der Waals surface area contributed by atoms with Gasteiger partial charge < -0.3 is 31.6 Å². The van der Waals surface area contributed by atoms with E-state index in [-0.39, 0.29) is 84.4 Å². The summed E-state index contributed by atoms with van der Waals surface area (Å²) in [6.07, 6.45) is 3.92. The number of nitrogens with two attached hydrogens (primary N) is 3. The topological polar surface area (TPSA) is 310 Å². The molecule has 9 N–H and O–H groups in total. The fourth-order valence-electron chi connectivity index (χ4n) is 6.48. The lowest BCUT2D eigenvalue weighted by molar-refractivity contribution is -0.117. The van der Waals surface area contributed by atoms with Crippen LogP contribution in [0.25, 0.3) is 0 Å². The molecule has 0 aliphatic carbocycles. The lowest BCUT2D eigenvalue weighted by Crippen LogP contribution is -2.48. The Morgan fingerprint density at radius 1 is 0.683 bits per heavy atom. The predicted octanol–water partition coefficient (Wildman–Crippen LogP) is 1.49. The normalized spacial score (nSPS) is 15.4. The van der Waals surface area contributed by atoms with Crippen molar-refractivity contribution in [1.82, 2.24) is 33.3 Å². The monoisotopic (exact) mass is 926 g/mol. The Kier molecular flexibility index (Phi) is 15.0. The van der Waals surface area contributed by atoms with E-state index in [2.05, 4.69) is 30.6 Å². The van der Waals surface area contributed by atoms with Crippen molar-refractivity contribution in [2.45, 2.75) is 44.7 Å². The lowest BCUT2D eigenvalue weighted by atomic mass is 10.0. The maximum atomic E-state index is 14.3. The summed E-state index contributed by atoms with van der Waals surface area (Å²) in [7, 11) is -5.19. The Morgan fingerprint density at radius 2 is 1.06 bits per heavy atom. The Balaban J connectivity index is 0.000000239. The molecule has 2 saturated heterocycles. The molecule has 2 aliphatic rings. The molecular formula is C36H42F4N12O9S2. The summed E-state index contributed by atoms with van der Waals surface area (Å²) >= 11 is 0. The number of carbonyl (C=O) groups excluding carboxylic acids is 3. The summed E-state index contributed by atoms with van der Waals surface area (Å²) in [5.74, 6) is -8.30. The third-order valence-corrected chi connectivity index (χ3v) is 12.4. The fraction of sp³-hybridized carbons (Fsp3) is 0.361. The number of amides is 1. The van der Waals surface area contributed by atoms with Crippen molar-refractivity contribution >= 4 is 61.4 Å².